The molecule has 0 saturated heterocycles. The molecule has 0 bridgehead atoms. The third-order valence-electron chi connectivity index (χ3n) is 2.02. The lowest BCUT2D eigenvalue weighted by atomic mass is 10.2. The summed E-state index contributed by atoms with van der Waals surface area (Å²) in [5.41, 5.74) is 0.997. The third-order valence-corrected chi connectivity index (χ3v) is 3.84. The van der Waals surface area contributed by atoms with E-state index in [1.807, 2.05) is 6.92 Å². The highest BCUT2D eigenvalue weighted by Crippen LogP contribution is 2.14. The molecule has 0 saturated carbocycles. The molecule has 0 N–H and O–H groups in total. The molecule has 0 unspecified atom stereocenters. The van der Waals surface area contributed by atoms with Crippen molar-refractivity contribution >= 4 is 10.0 Å². The van der Waals surface area contributed by atoms with Crippen LogP contribution in [0.15, 0.2) is 29.2 Å². The molecule has 80 valence electrons. The summed E-state index contributed by atoms with van der Waals surface area (Å²) in [6.45, 7) is 1.74. The maximum Gasteiger partial charge on any atom is 0.243 e. The van der Waals surface area contributed by atoms with Gasteiger partial charge in [-0.25, -0.2) is 8.42 Å². The molecule has 0 aromatic heterocycles. The Bertz CT molecular complexity index is 471. The molecule has 0 aliphatic heterocycles. The number of sulfonamides is 1. The van der Waals surface area contributed by atoms with Crippen LogP contribution < -0.4 is 0 Å². The average molecular weight is 224 g/mol. The minimum absolute atomic E-state index is 0.143. The van der Waals surface area contributed by atoms with E-state index in [1.165, 1.54) is 7.05 Å². The molecule has 0 spiro atoms. The van der Waals surface area contributed by atoms with E-state index in [2.05, 4.69) is 0 Å². The number of aryl methyl sites for hydroxylation is 1. The van der Waals surface area contributed by atoms with Crippen LogP contribution in [-0.2, 0) is 10.0 Å². The summed E-state index contributed by atoms with van der Waals surface area (Å²) >= 11 is 0. The first-order valence-corrected chi connectivity index (χ1v) is 5.82. The number of hydrogen-bond acceptors (Lipinski definition) is 3. The van der Waals surface area contributed by atoms with Crippen molar-refractivity contribution in [2.45, 2.75) is 11.8 Å². The van der Waals surface area contributed by atoms with Gasteiger partial charge in [-0.1, -0.05) is 17.7 Å². The molecule has 1 aromatic rings. The lowest BCUT2D eigenvalue weighted by Crippen LogP contribution is -2.27. The van der Waals surface area contributed by atoms with Gasteiger partial charge in [0.1, 0.15) is 6.54 Å². The molecule has 1 aromatic carbocycles. The molecule has 0 aliphatic carbocycles. The van der Waals surface area contributed by atoms with Crippen LogP contribution in [-0.4, -0.2) is 26.3 Å². The van der Waals surface area contributed by atoms with Crippen LogP contribution in [0.1, 0.15) is 5.56 Å². The maximum absolute atomic E-state index is 11.8. The summed E-state index contributed by atoms with van der Waals surface area (Å²) in [6.07, 6.45) is 0. The molecule has 15 heavy (non-hydrogen) atoms. The number of nitrogens with zero attached hydrogens (tertiary/aromatic N) is 2. The van der Waals surface area contributed by atoms with E-state index in [9.17, 15) is 8.42 Å². The van der Waals surface area contributed by atoms with E-state index < -0.39 is 10.0 Å². The Morgan fingerprint density at radius 2 is 1.87 bits per heavy atom. The van der Waals surface area contributed by atoms with Gasteiger partial charge in [-0.3, -0.25) is 0 Å². The Kier molecular flexibility index (Phi) is 3.45. The van der Waals surface area contributed by atoms with E-state index in [-0.39, 0.29) is 11.4 Å². The van der Waals surface area contributed by atoms with Gasteiger partial charge in [0.05, 0.1) is 11.0 Å². The predicted octanol–water partition coefficient (Wildman–Crippen LogP) is 1.14. The summed E-state index contributed by atoms with van der Waals surface area (Å²) in [4.78, 5) is 0.214. The molecule has 0 heterocycles. The van der Waals surface area contributed by atoms with Crippen molar-refractivity contribution in [1.29, 1.82) is 5.26 Å². The normalized spacial score (nSPS) is 11.3. The van der Waals surface area contributed by atoms with Crippen molar-refractivity contribution in [3.8, 4) is 6.07 Å². The van der Waals surface area contributed by atoms with E-state index in [1.54, 1.807) is 30.3 Å². The molecule has 5 heteroatoms. The Labute approximate surface area is 89.8 Å². The van der Waals surface area contributed by atoms with Gasteiger partial charge in [0, 0.05) is 7.05 Å². The Morgan fingerprint density at radius 1 is 1.33 bits per heavy atom. The minimum atomic E-state index is -3.51. The molecule has 0 amide bonds. The Balaban J connectivity index is 3.07. The second kappa shape index (κ2) is 4.43. The van der Waals surface area contributed by atoms with E-state index in [4.69, 9.17) is 5.26 Å². The van der Waals surface area contributed by atoms with Crippen LogP contribution in [0.4, 0.5) is 0 Å². The summed E-state index contributed by atoms with van der Waals surface area (Å²) in [5, 5.41) is 8.43. The van der Waals surface area contributed by atoms with Gasteiger partial charge in [0.25, 0.3) is 0 Å². The molecular weight excluding hydrogens is 212 g/mol. The first kappa shape index (κ1) is 11.7. The SMILES string of the molecule is Cc1ccc(S(=O)(=O)N(C)CC#N)cc1. The number of hydrogen-bond donors (Lipinski definition) is 0. The second-order valence-electron chi connectivity index (χ2n) is 3.23. The highest BCUT2D eigenvalue weighted by atomic mass is 32.2. The zero-order chi connectivity index (χ0) is 11.5. The Hall–Kier alpha value is -1.38. The van der Waals surface area contributed by atoms with Crippen molar-refractivity contribution in [2.75, 3.05) is 13.6 Å². The zero-order valence-corrected chi connectivity index (χ0v) is 9.45. The van der Waals surface area contributed by atoms with Crippen LogP contribution in [0.3, 0.4) is 0 Å². The number of rotatable bonds is 3. The maximum atomic E-state index is 11.8. The van der Waals surface area contributed by atoms with Gasteiger partial charge in [0.2, 0.25) is 10.0 Å². The highest BCUT2D eigenvalue weighted by molar-refractivity contribution is 7.89. The largest absolute Gasteiger partial charge is 0.243 e. The van der Waals surface area contributed by atoms with Crippen molar-refractivity contribution in [3.05, 3.63) is 29.8 Å². The highest BCUT2D eigenvalue weighted by Gasteiger charge is 2.19. The Morgan fingerprint density at radius 3 is 2.33 bits per heavy atom. The summed E-state index contributed by atoms with van der Waals surface area (Å²) in [6, 6.07) is 8.34. The van der Waals surface area contributed by atoms with Crippen LogP contribution in [0.25, 0.3) is 0 Å². The van der Waals surface area contributed by atoms with Crippen LogP contribution >= 0.6 is 0 Å². The van der Waals surface area contributed by atoms with Gasteiger partial charge < -0.3 is 0 Å². The lowest BCUT2D eigenvalue weighted by molar-refractivity contribution is 0.501. The van der Waals surface area contributed by atoms with Crippen molar-refractivity contribution < 1.29 is 8.42 Å². The number of benzene rings is 1. The molecule has 4 nitrogen and oxygen atoms in total. The number of nitriles is 1. The van der Waals surface area contributed by atoms with E-state index in [0.717, 1.165) is 9.87 Å². The summed E-state index contributed by atoms with van der Waals surface area (Å²) in [5.74, 6) is 0. The van der Waals surface area contributed by atoms with Crippen LogP contribution in [0.5, 0.6) is 0 Å². The molecular formula is C10H12N2O2S. The van der Waals surface area contributed by atoms with Crippen LogP contribution in [0, 0.1) is 18.3 Å². The van der Waals surface area contributed by atoms with Crippen molar-refractivity contribution in [3.63, 3.8) is 0 Å². The fourth-order valence-electron chi connectivity index (χ4n) is 1.07. The van der Waals surface area contributed by atoms with E-state index >= 15 is 0 Å². The van der Waals surface area contributed by atoms with Crippen molar-refractivity contribution in [2.24, 2.45) is 0 Å². The van der Waals surface area contributed by atoms with Gasteiger partial charge >= 0.3 is 0 Å². The first-order valence-electron chi connectivity index (χ1n) is 4.38. The lowest BCUT2D eigenvalue weighted by Gasteiger charge is -2.13. The van der Waals surface area contributed by atoms with Crippen molar-refractivity contribution in [1.82, 2.24) is 4.31 Å². The first-order chi connectivity index (χ1) is 6.98. The topological polar surface area (TPSA) is 61.2 Å². The standard InChI is InChI=1S/C10H12N2O2S/c1-9-3-5-10(6-4-9)15(13,14)12(2)8-7-11/h3-6H,8H2,1-2H3. The smallest absolute Gasteiger partial charge is 0.207 e. The van der Waals surface area contributed by atoms with Gasteiger partial charge in [-0.15, -0.1) is 0 Å². The predicted molar refractivity (Wildman–Crippen MR) is 56.6 cm³/mol. The minimum Gasteiger partial charge on any atom is -0.207 e. The molecule has 0 radical (unpaired) electrons. The molecule has 1 rings (SSSR count). The third kappa shape index (κ3) is 2.55. The van der Waals surface area contributed by atoms with Gasteiger partial charge in [-0.2, -0.15) is 9.57 Å². The average Bonchev–Trinajstić information content (AvgIpc) is 2.18. The van der Waals surface area contributed by atoms with Gasteiger partial charge in [-0.05, 0) is 19.1 Å². The zero-order valence-electron chi connectivity index (χ0n) is 8.64. The molecule has 0 atom stereocenters. The fraction of sp³-hybridized carbons (Fsp3) is 0.300. The molecule has 0 aliphatic rings. The molecule has 0 fully saturated rings. The van der Waals surface area contributed by atoms with E-state index in [0.29, 0.717) is 0 Å². The van der Waals surface area contributed by atoms with Gasteiger partial charge in [0.15, 0.2) is 0 Å². The monoisotopic (exact) mass is 224 g/mol. The second-order valence-corrected chi connectivity index (χ2v) is 5.28. The summed E-state index contributed by atoms with van der Waals surface area (Å²) < 4.78 is 24.6. The van der Waals surface area contributed by atoms with Crippen LogP contribution in [0.2, 0.25) is 0 Å². The fourth-order valence-corrected chi connectivity index (χ4v) is 2.14. The quantitative estimate of drug-likeness (QED) is 0.723. The summed E-state index contributed by atoms with van der Waals surface area (Å²) in [7, 11) is -2.12.